The molecule has 1 heteroatoms. The summed E-state index contributed by atoms with van der Waals surface area (Å²) in [5.74, 6) is 0. The fourth-order valence-corrected chi connectivity index (χ4v) is 0.352. The van der Waals surface area contributed by atoms with Crippen LogP contribution in [0.25, 0.3) is 0 Å². The molecule has 0 unspecified atom stereocenters. The third kappa shape index (κ3) is 5.70. The highest BCUT2D eigenvalue weighted by atomic mass is 16.5. The van der Waals surface area contributed by atoms with E-state index in [9.17, 15) is 0 Å². The van der Waals surface area contributed by atoms with Gasteiger partial charge in [-0.1, -0.05) is 6.08 Å². The van der Waals surface area contributed by atoms with E-state index in [4.69, 9.17) is 11.7 Å². The summed E-state index contributed by atoms with van der Waals surface area (Å²) >= 11 is 0. The normalized spacial score (nSPS) is 9.12. The topological polar surface area (TPSA) is 9.23 Å². The summed E-state index contributed by atoms with van der Waals surface area (Å²) in [7, 11) is 0. The molecule has 0 fully saturated rings. The van der Waals surface area contributed by atoms with Gasteiger partial charge in [-0.05, 0) is 19.8 Å². The van der Waals surface area contributed by atoms with Crippen molar-refractivity contribution in [3.8, 4) is 0 Å². The van der Waals surface area contributed by atoms with E-state index in [0.29, 0.717) is 13.0 Å². The molecule has 8 heavy (non-hydrogen) atoms. The van der Waals surface area contributed by atoms with Crippen LogP contribution in [0.2, 0.25) is 0 Å². The quantitative estimate of drug-likeness (QED) is 0.388. The van der Waals surface area contributed by atoms with E-state index in [2.05, 4.69) is 6.58 Å². The summed E-state index contributed by atoms with van der Waals surface area (Å²) in [5, 5.41) is 0. The second-order valence-corrected chi connectivity index (χ2v) is 1.48. The van der Waals surface area contributed by atoms with Crippen molar-refractivity contribution < 1.29 is 4.74 Å². The predicted octanol–water partition coefficient (Wildman–Crippen LogP) is 1.68. The number of rotatable bonds is 5. The molecule has 0 aliphatic carbocycles. The van der Waals surface area contributed by atoms with Gasteiger partial charge in [-0.25, -0.2) is 0 Å². The largest absolute Gasteiger partial charge is 0.381 e. The van der Waals surface area contributed by atoms with Gasteiger partial charge in [-0.3, -0.25) is 0 Å². The van der Waals surface area contributed by atoms with Gasteiger partial charge in [0.1, 0.15) is 0 Å². The Labute approximate surface area is 51.4 Å². The molecule has 0 heterocycles. The maximum absolute atomic E-state index is 5.16. The average molecular weight is 112 g/mol. The molecular formula is C7H12O. The molecule has 1 nitrogen and oxygen atoms in total. The Morgan fingerprint density at radius 3 is 2.75 bits per heavy atom. The maximum atomic E-state index is 5.16. The molecule has 0 rings (SSSR count). The molecule has 0 aromatic carbocycles. The molecule has 0 aromatic heterocycles. The Morgan fingerprint density at radius 2 is 2.25 bits per heavy atom. The van der Waals surface area contributed by atoms with E-state index in [0.717, 1.165) is 13.0 Å². The second-order valence-electron chi connectivity index (χ2n) is 1.48. The number of ether oxygens (including phenoxy) is 1. The van der Waals surface area contributed by atoms with Gasteiger partial charge in [0.25, 0.3) is 0 Å². The van der Waals surface area contributed by atoms with Gasteiger partial charge in [0.15, 0.2) is 0 Å². The molecule has 2 radical (unpaired) electrons. The first kappa shape index (κ1) is 7.70. The summed E-state index contributed by atoms with van der Waals surface area (Å²) in [4.78, 5) is 0. The average Bonchev–Trinajstić information content (AvgIpc) is 1.81. The van der Waals surface area contributed by atoms with Crippen LogP contribution in [0.4, 0.5) is 0 Å². The zero-order chi connectivity index (χ0) is 6.24. The minimum Gasteiger partial charge on any atom is -0.381 e. The zero-order valence-electron chi connectivity index (χ0n) is 5.10. The lowest BCUT2D eigenvalue weighted by molar-refractivity contribution is 0.143. The van der Waals surface area contributed by atoms with E-state index < -0.39 is 0 Å². The van der Waals surface area contributed by atoms with E-state index >= 15 is 0 Å². The molecule has 0 bridgehead atoms. The summed E-state index contributed by atoms with van der Waals surface area (Å²) in [6, 6.07) is 0. The minimum atomic E-state index is 0.608. The van der Waals surface area contributed by atoms with Crippen LogP contribution in [0.1, 0.15) is 12.8 Å². The Hall–Kier alpha value is -0.300. The molecule has 0 N–H and O–H groups in total. The highest BCUT2D eigenvalue weighted by Gasteiger charge is 1.79. The Kier molecular flexibility index (Phi) is 6.45. The fraction of sp³-hybridized carbons (Fsp3) is 0.571. The van der Waals surface area contributed by atoms with Crippen LogP contribution in [-0.4, -0.2) is 13.2 Å². The van der Waals surface area contributed by atoms with Crippen LogP contribution in [0.5, 0.6) is 0 Å². The summed E-state index contributed by atoms with van der Waals surface area (Å²) < 4.78 is 5.03. The van der Waals surface area contributed by atoms with Crippen molar-refractivity contribution in [2.75, 3.05) is 13.2 Å². The SMILES string of the molecule is [CH]CCOCCC=C. The third-order valence-corrected chi connectivity index (χ3v) is 0.729. The highest BCUT2D eigenvalue weighted by Crippen LogP contribution is 1.83. The molecular weight excluding hydrogens is 100 g/mol. The molecule has 0 aliphatic heterocycles. The van der Waals surface area contributed by atoms with Crippen LogP contribution in [0, 0.1) is 6.92 Å². The van der Waals surface area contributed by atoms with Crippen LogP contribution in [0.3, 0.4) is 0 Å². The highest BCUT2D eigenvalue weighted by molar-refractivity contribution is 4.64. The Balaban J connectivity index is 2.62. The lowest BCUT2D eigenvalue weighted by Gasteiger charge is -1.96. The van der Waals surface area contributed by atoms with Gasteiger partial charge >= 0.3 is 0 Å². The fourth-order valence-electron chi connectivity index (χ4n) is 0.352. The zero-order valence-corrected chi connectivity index (χ0v) is 5.10. The van der Waals surface area contributed by atoms with Crippen molar-refractivity contribution in [2.24, 2.45) is 0 Å². The van der Waals surface area contributed by atoms with Gasteiger partial charge < -0.3 is 4.74 Å². The molecule has 0 spiro atoms. The standard InChI is InChI=1S/C7H12O/c1-3-5-7-8-6-4-2/h2-3H,1,4-7H2. The van der Waals surface area contributed by atoms with Crippen molar-refractivity contribution in [3.63, 3.8) is 0 Å². The van der Waals surface area contributed by atoms with Gasteiger partial charge in [0, 0.05) is 13.2 Å². The van der Waals surface area contributed by atoms with Crippen molar-refractivity contribution >= 4 is 0 Å². The molecule has 0 saturated carbocycles. The number of hydrogen-bond acceptors (Lipinski definition) is 1. The lowest BCUT2D eigenvalue weighted by atomic mass is 10.4. The van der Waals surface area contributed by atoms with Gasteiger partial charge in [0.05, 0.1) is 0 Å². The van der Waals surface area contributed by atoms with Crippen LogP contribution in [0.15, 0.2) is 12.7 Å². The van der Waals surface area contributed by atoms with Gasteiger partial charge in [-0.2, -0.15) is 0 Å². The minimum absolute atomic E-state index is 0.608. The predicted molar refractivity (Wildman–Crippen MR) is 34.5 cm³/mol. The maximum Gasteiger partial charge on any atom is 0.0500 e. The molecule has 46 valence electrons. The van der Waals surface area contributed by atoms with E-state index in [1.54, 1.807) is 0 Å². The van der Waals surface area contributed by atoms with E-state index in [-0.39, 0.29) is 0 Å². The third-order valence-electron chi connectivity index (χ3n) is 0.729. The summed E-state index contributed by atoms with van der Waals surface area (Å²) in [6.07, 6.45) is 3.35. The van der Waals surface area contributed by atoms with E-state index in [1.807, 2.05) is 6.08 Å². The molecule has 0 atom stereocenters. The Bertz CT molecular complexity index is 50.3. The van der Waals surface area contributed by atoms with Crippen LogP contribution in [-0.2, 0) is 4.74 Å². The first-order valence-electron chi connectivity index (χ1n) is 2.80. The first-order chi connectivity index (χ1) is 3.91. The van der Waals surface area contributed by atoms with Crippen molar-refractivity contribution in [3.05, 3.63) is 19.6 Å². The molecule has 0 aromatic rings. The molecule has 0 amide bonds. The Morgan fingerprint density at radius 1 is 1.50 bits per heavy atom. The van der Waals surface area contributed by atoms with E-state index in [1.165, 1.54) is 0 Å². The number of hydrogen-bond donors (Lipinski definition) is 0. The smallest absolute Gasteiger partial charge is 0.0500 e. The van der Waals surface area contributed by atoms with Crippen molar-refractivity contribution in [2.45, 2.75) is 12.8 Å². The van der Waals surface area contributed by atoms with Crippen LogP contribution >= 0.6 is 0 Å². The van der Waals surface area contributed by atoms with Crippen molar-refractivity contribution in [1.82, 2.24) is 0 Å². The van der Waals surface area contributed by atoms with Gasteiger partial charge in [0.2, 0.25) is 0 Å². The summed E-state index contributed by atoms with van der Waals surface area (Å²) in [6.45, 7) is 10.1. The van der Waals surface area contributed by atoms with Crippen LogP contribution < -0.4 is 0 Å². The monoisotopic (exact) mass is 112 g/mol. The second kappa shape index (κ2) is 6.70. The first-order valence-corrected chi connectivity index (χ1v) is 2.80. The van der Waals surface area contributed by atoms with Gasteiger partial charge in [-0.15, -0.1) is 6.58 Å². The molecule has 0 saturated heterocycles. The lowest BCUT2D eigenvalue weighted by Crippen LogP contribution is -1.93. The summed E-state index contributed by atoms with van der Waals surface area (Å²) in [5.41, 5.74) is 0. The molecule has 0 aliphatic rings. The van der Waals surface area contributed by atoms with Crippen molar-refractivity contribution in [1.29, 1.82) is 0 Å².